The first-order chi connectivity index (χ1) is 8.45. The van der Waals surface area contributed by atoms with Gasteiger partial charge in [-0.3, -0.25) is 0 Å². The fraction of sp³-hybridized carbons (Fsp3) is 0.417. The van der Waals surface area contributed by atoms with Crippen LogP contribution in [0.4, 0.5) is 9.18 Å². The zero-order valence-corrected chi connectivity index (χ0v) is 11.0. The van der Waals surface area contributed by atoms with Crippen molar-refractivity contribution in [3.8, 4) is 0 Å². The van der Waals surface area contributed by atoms with E-state index in [1.54, 1.807) is 20.0 Å². The SMILES string of the molecule is CC(NC(=O)N(C)CCO)c1ccc(F)c(Cl)c1. The lowest BCUT2D eigenvalue weighted by Crippen LogP contribution is -2.39. The zero-order chi connectivity index (χ0) is 13.7. The number of aliphatic hydroxyl groups is 1. The summed E-state index contributed by atoms with van der Waals surface area (Å²) < 4.78 is 13.0. The standard InChI is InChI=1S/C12H16ClFN2O2/c1-8(15-12(18)16(2)5-6-17)9-3-4-11(14)10(13)7-9/h3-4,7-8,17H,5-6H2,1-2H3,(H,15,18). The molecule has 0 spiro atoms. The van der Waals surface area contributed by atoms with E-state index in [4.69, 9.17) is 16.7 Å². The molecule has 1 aromatic carbocycles. The topological polar surface area (TPSA) is 52.6 Å². The van der Waals surface area contributed by atoms with E-state index in [0.29, 0.717) is 5.56 Å². The molecular formula is C12H16ClFN2O2. The van der Waals surface area contributed by atoms with Gasteiger partial charge < -0.3 is 15.3 Å². The number of aliphatic hydroxyl groups excluding tert-OH is 1. The summed E-state index contributed by atoms with van der Waals surface area (Å²) in [6.45, 7) is 1.93. The van der Waals surface area contributed by atoms with Crippen LogP contribution in [-0.4, -0.2) is 36.2 Å². The lowest BCUT2D eigenvalue weighted by Gasteiger charge is -2.21. The van der Waals surface area contributed by atoms with Crippen LogP contribution in [0.1, 0.15) is 18.5 Å². The second-order valence-electron chi connectivity index (χ2n) is 3.99. The highest BCUT2D eigenvalue weighted by atomic mass is 35.5. The molecule has 4 nitrogen and oxygen atoms in total. The zero-order valence-electron chi connectivity index (χ0n) is 10.3. The van der Waals surface area contributed by atoms with Crippen molar-refractivity contribution in [2.45, 2.75) is 13.0 Å². The van der Waals surface area contributed by atoms with E-state index in [1.807, 2.05) is 0 Å². The minimum absolute atomic E-state index is 0.0253. The molecule has 0 saturated heterocycles. The number of halogens is 2. The van der Waals surface area contributed by atoms with E-state index in [-0.39, 0.29) is 30.2 Å². The van der Waals surface area contributed by atoms with Gasteiger partial charge in [-0.1, -0.05) is 17.7 Å². The lowest BCUT2D eigenvalue weighted by molar-refractivity contribution is 0.188. The molecule has 0 aliphatic carbocycles. The molecule has 0 radical (unpaired) electrons. The first-order valence-electron chi connectivity index (χ1n) is 5.53. The minimum Gasteiger partial charge on any atom is -0.395 e. The van der Waals surface area contributed by atoms with E-state index in [2.05, 4.69) is 5.32 Å². The van der Waals surface area contributed by atoms with E-state index >= 15 is 0 Å². The van der Waals surface area contributed by atoms with Crippen LogP contribution in [0, 0.1) is 5.82 Å². The number of rotatable bonds is 4. The Morgan fingerprint density at radius 3 is 2.83 bits per heavy atom. The predicted octanol–water partition coefficient (Wildman–Crippen LogP) is 2.17. The third-order valence-electron chi connectivity index (χ3n) is 2.57. The number of benzene rings is 1. The average Bonchev–Trinajstić information content (AvgIpc) is 2.32. The normalized spacial score (nSPS) is 12.1. The van der Waals surface area contributed by atoms with Gasteiger partial charge in [0.15, 0.2) is 0 Å². The fourth-order valence-electron chi connectivity index (χ4n) is 1.41. The summed E-state index contributed by atoms with van der Waals surface area (Å²) in [4.78, 5) is 13.0. The largest absolute Gasteiger partial charge is 0.395 e. The number of likely N-dealkylation sites (N-methyl/N-ethyl adjacent to an activating group) is 1. The van der Waals surface area contributed by atoms with Gasteiger partial charge in [0.25, 0.3) is 0 Å². The highest BCUT2D eigenvalue weighted by molar-refractivity contribution is 6.30. The molecular weight excluding hydrogens is 259 g/mol. The summed E-state index contributed by atoms with van der Waals surface area (Å²) in [5.41, 5.74) is 0.715. The third kappa shape index (κ3) is 3.85. The molecule has 0 saturated carbocycles. The summed E-state index contributed by atoms with van der Waals surface area (Å²) in [5, 5.41) is 11.5. The van der Waals surface area contributed by atoms with Crippen LogP contribution in [0.2, 0.25) is 5.02 Å². The van der Waals surface area contributed by atoms with Crippen molar-refractivity contribution in [3.05, 3.63) is 34.6 Å². The molecule has 1 unspecified atom stereocenters. The fourth-order valence-corrected chi connectivity index (χ4v) is 1.60. The molecule has 100 valence electrons. The molecule has 2 N–H and O–H groups in total. The van der Waals surface area contributed by atoms with Gasteiger partial charge in [0.1, 0.15) is 5.82 Å². The van der Waals surface area contributed by atoms with Crippen molar-refractivity contribution in [2.24, 2.45) is 0 Å². The Morgan fingerprint density at radius 1 is 1.61 bits per heavy atom. The monoisotopic (exact) mass is 274 g/mol. The number of hydrogen-bond acceptors (Lipinski definition) is 2. The van der Waals surface area contributed by atoms with E-state index in [9.17, 15) is 9.18 Å². The Kier molecular flexibility index (Phi) is 5.37. The summed E-state index contributed by atoms with van der Waals surface area (Å²) in [7, 11) is 1.58. The molecule has 0 aliphatic rings. The van der Waals surface area contributed by atoms with Crippen LogP contribution in [0.3, 0.4) is 0 Å². The molecule has 6 heteroatoms. The van der Waals surface area contributed by atoms with Crippen molar-refractivity contribution in [1.29, 1.82) is 0 Å². The van der Waals surface area contributed by atoms with Crippen LogP contribution in [0.15, 0.2) is 18.2 Å². The Bertz CT molecular complexity index is 429. The van der Waals surface area contributed by atoms with Gasteiger partial charge in [-0.15, -0.1) is 0 Å². The molecule has 1 rings (SSSR count). The third-order valence-corrected chi connectivity index (χ3v) is 2.86. The second-order valence-corrected chi connectivity index (χ2v) is 4.40. The highest BCUT2D eigenvalue weighted by Crippen LogP contribution is 2.20. The molecule has 1 atom stereocenters. The predicted molar refractivity (Wildman–Crippen MR) is 68.1 cm³/mol. The van der Waals surface area contributed by atoms with Gasteiger partial charge >= 0.3 is 6.03 Å². The number of carbonyl (C=O) groups is 1. The Morgan fingerprint density at radius 2 is 2.28 bits per heavy atom. The number of carbonyl (C=O) groups excluding carboxylic acids is 1. The molecule has 0 bridgehead atoms. The van der Waals surface area contributed by atoms with Crippen LogP contribution in [0.5, 0.6) is 0 Å². The molecule has 2 amide bonds. The van der Waals surface area contributed by atoms with Crippen LogP contribution < -0.4 is 5.32 Å². The van der Waals surface area contributed by atoms with Gasteiger partial charge in [0.05, 0.1) is 17.7 Å². The van der Waals surface area contributed by atoms with E-state index in [1.165, 1.54) is 17.0 Å². The van der Waals surface area contributed by atoms with Crippen molar-refractivity contribution in [3.63, 3.8) is 0 Å². The first kappa shape index (κ1) is 14.7. The van der Waals surface area contributed by atoms with Gasteiger partial charge in [-0.2, -0.15) is 0 Å². The van der Waals surface area contributed by atoms with Crippen molar-refractivity contribution in [2.75, 3.05) is 20.2 Å². The maximum Gasteiger partial charge on any atom is 0.317 e. The van der Waals surface area contributed by atoms with Gasteiger partial charge in [-0.25, -0.2) is 9.18 Å². The molecule has 0 aromatic heterocycles. The van der Waals surface area contributed by atoms with Gasteiger partial charge in [-0.05, 0) is 24.6 Å². The Hall–Kier alpha value is -1.33. The Labute approximate surface area is 110 Å². The van der Waals surface area contributed by atoms with Gasteiger partial charge in [0, 0.05) is 13.6 Å². The summed E-state index contributed by atoms with van der Waals surface area (Å²) in [6, 6.07) is 3.71. The van der Waals surface area contributed by atoms with Crippen LogP contribution in [-0.2, 0) is 0 Å². The molecule has 0 fully saturated rings. The maximum absolute atomic E-state index is 13.0. The maximum atomic E-state index is 13.0. The molecule has 1 aromatic rings. The van der Waals surface area contributed by atoms with E-state index in [0.717, 1.165) is 0 Å². The van der Waals surface area contributed by atoms with Crippen LogP contribution in [0.25, 0.3) is 0 Å². The van der Waals surface area contributed by atoms with Crippen LogP contribution >= 0.6 is 11.6 Å². The van der Waals surface area contributed by atoms with Gasteiger partial charge in [0.2, 0.25) is 0 Å². The van der Waals surface area contributed by atoms with E-state index < -0.39 is 5.82 Å². The number of urea groups is 1. The lowest BCUT2D eigenvalue weighted by atomic mass is 10.1. The summed E-state index contributed by atoms with van der Waals surface area (Å²) >= 11 is 5.68. The molecule has 18 heavy (non-hydrogen) atoms. The number of amides is 2. The highest BCUT2D eigenvalue weighted by Gasteiger charge is 2.13. The van der Waals surface area contributed by atoms with Crippen molar-refractivity contribution < 1.29 is 14.3 Å². The minimum atomic E-state index is -0.489. The number of nitrogens with zero attached hydrogens (tertiary/aromatic N) is 1. The number of hydrogen-bond donors (Lipinski definition) is 2. The second kappa shape index (κ2) is 6.56. The smallest absolute Gasteiger partial charge is 0.317 e. The Balaban J connectivity index is 2.67. The van der Waals surface area contributed by atoms with Crippen molar-refractivity contribution in [1.82, 2.24) is 10.2 Å². The number of nitrogens with one attached hydrogen (secondary N) is 1. The van der Waals surface area contributed by atoms with Crippen molar-refractivity contribution >= 4 is 17.6 Å². The quantitative estimate of drug-likeness (QED) is 0.884. The molecule has 0 heterocycles. The first-order valence-corrected chi connectivity index (χ1v) is 5.91. The summed E-state index contributed by atoms with van der Waals surface area (Å²) in [6.07, 6.45) is 0. The summed E-state index contributed by atoms with van der Waals surface area (Å²) in [5.74, 6) is -0.489. The molecule has 0 aliphatic heterocycles. The average molecular weight is 275 g/mol.